The molecule has 0 bridgehead atoms. The standard InChI is InChI=1S/C11H10F3N3O/c12-11(13,14)10-6-8(3-4-15-10)17-16-7-1-2-9(18)5-7/h3-6,16H,1-2H2,(H,15,17). The van der Waals surface area contributed by atoms with Crippen molar-refractivity contribution in [3.8, 4) is 0 Å². The fourth-order valence-corrected chi connectivity index (χ4v) is 1.51. The number of hydrazine groups is 1. The molecule has 96 valence electrons. The van der Waals surface area contributed by atoms with Crippen molar-refractivity contribution in [2.75, 3.05) is 5.43 Å². The topological polar surface area (TPSA) is 54.0 Å². The van der Waals surface area contributed by atoms with Crippen molar-refractivity contribution in [3.63, 3.8) is 0 Å². The van der Waals surface area contributed by atoms with Crippen molar-refractivity contribution < 1.29 is 18.0 Å². The molecule has 1 aliphatic rings. The van der Waals surface area contributed by atoms with Crippen LogP contribution in [0.1, 0.15) is 18.5 Å². The van der Waals surface area contributed by atoms with Crippen molar-refractivity contribution in [2.24, 2.45) is 0 Å². The lowest BCUT2D eigenvalue weighted by atomic mass is 10.3. The van der Waals surface area contributed by atoms with Gasteiger partial charge in [0.25, 0.3) is 0 Å². The van der Waals surface area contributed by atoms with Crippen molar-refractivity contribution in [1.29, 1.82) is 0 Å². The van der Waals surface area contributed by atoms with Gasteiger partial charge in [-0.3, -0.25) is 9.78 Å². The van der Waals surface area contributed by atoms with Gasteiger partial charge in [-0.15, -0.1) is 0 Å². The number of ketones is 1. The summed E-state index contributed by atoms with van der Waals surface area (Å²) in [5.41, 5.74) is 5.24. The molecule has 1 heterocycles. The maximum absolute atomic E-state index is 12.4. The molecular formula is C11H10F3N3O. The lowest BCUT2D eigenvalue weighted by molar-refractivity contribution is -0.141. The van der Waals surface area contributed by atoms with Gasteiger partial charge in [0.1, 0.15) is 5.69 Å². The first-order valence-corrected chi connectivity index (χ1v) is 5.24. The van der Waals surface area contributed by atoms with Crippen LogP contribution in [0.3, 0.4) is 0 Å². The van der Waals surface area contributed by atoms with Gasteiger partial charge in [-0.25, -0.2) is 0 Å². The second-order valence-electron chi connectivity index (χ2n) is 3.81. The fraction of sp³-hybridized carbons (Fsp3) is 0.273. The number of pyridine rings is 1. The van der Waals surface area contributed by atoms with Crippen LogP contribution in [0.25, 0.3) is 0 Å². The molecule has 0 fully saturated rings. The molecule has 2 rings (SSSR count). The molecule has 0 saturated carbocycles. The molecule has 1 aliphatic carbocycles. The molecule has 0 amide bonds. The Kier molecular flexibility index (Phi) is 3.22. The molecule has 0 atom stereocenters. The summed E-state index contributed by atoms with van der Waals surface area (Å²) < 4.78 is 37.2. The van der Waals surface area contributed by atoms with E-state index in [2.05, 4.69) is 15.8 Å². The predicted octanol–water partition coefficient (Wildman–Crippen LogP) is 2.26. The van der Waals surface area contributed by atoms with Crippen LogP contribution in [-0.4, -0.2) is 10.8 Å². The number of carbonyl (C=O) groups excluding carboxylic acids is 1. The summed E-state index contributed by atoms with van der Waals surface area (Å²) in [6.45, 7) is 0. The highest BCUT2D eigenvalue weighted by atomic mass is 19.4. The summed E-state index contributed by atoms with van der Waals surface area (Å²) >= 11 is 0. The van der Waals surface area contributed by atoms with E-state index >= 15 is 0 Å². The van der Waals surface area contributed by atoms with Gasteiger partial charge in [0.15, 0.2) is 5.78 Å². The van der Waals surface area contributed by atoms with E-state index in [0.29, 0.717) is 18.5 Å². The summed E-state index contributed by atoms with van der Waals surface area (Å²) in [6.07, 6.45) is -0.989. The average Bonchev–Trinajstić information content (AvgIpc) is 2.72. The summed E-state index contributed by atoms with van der Waals surface area (Å²) in [6, 6.07) is 2.30. The van der Waals surface area contributed by atoms with Crippen molar-refractivity contribution >= 4 is 11.5 Å². The van der Waals surface area contributed by atoms with Crippen LogP contribution in [0.2, 0.25) is 0 Å². The van der Waals surface area contributed by atoms with Crippen LogP contribution in [0.4, 0.5) is 18.9 Å². The highest BCUT2D eigenvalue weighted by molar-refractivity contribution is 5.92. The summed E-state index contributed by atoms with van der Waals surface area (Å²) in [4.78, 5) is 14.2. The number of carbonyl (C=O) groups is 1. The summed E-state index contributed by atoms with van der Waals surface area (Å²) in [5, 5.41) is 0. The maximum Gasteiger partial charge on any atom is 0.433 e. The molecule has 1 aromatic heterocycles. The minimum absolute atomic E-state index is 0.00464. The van der Waals surface area contributed by atoms with E-state index < -0.39 is 11.9 Å². The highest BCUT2D eigenvalue weighted by Crippen LogP contribution is 2.28. The quantitative estimate of drug-likeness (QED) is 0.815. The Morgan fingerprint density at radius 3 is 2.61 bits per heavy atom. The molecule has 1 aromatic rings. The van der Waals surface area contributed by atoms with Gasteiger partial charge in [-0.2, -0.15) is 13.2 Å². The molecule has 4 nitrogen and oxygen atoms in total. The number of nitrogens with one attached hydrogen (secondary N) is 2. The van der Waals surface area contributed by atoms with E-state index in [0.717, 1.165) is 12.3 Å². The monoisotopic (exact) mass is 257 g/mol. The van der Waals surface area contributed by atoms with E-state index in [1.165, 1.54) is 12.1 Å². The smallest absolute Gasteiger partial charge is 0.305 e. The Hall–Kier alpha value is -2.05. The van der Waals surface area contributed by atoms with Crippen LogP contribution >= 0.6 is 0 Å². The van der Waals surface area contributed by atoms with Crippen LogP contribution in [0, 0.1) is 0 Å². The lowest BCUT2D eigenvalue weighted by Crippen LogP contribution is -2.20. The zero-order valence-electron chi connectivity index (χ0n) is 9.21. The van der Waals surface area contributed by atoms with Crippen LogP contribution < -0.4 is 10.9 Å². The third kappa shape index (κ3) is 2.99. The molecule has 2 N–H and O–H groups in total. The Balaban J connectivity index is 2.02. The molecule has 0 saturated heterocycles. The molecule has 0 radical (unpaired) electrons. The molecule has 18 heavy (non-hydrogen) atoms. The van der Waals surface area contributed by atoms with Gasteiger partial charge in [0.05, 0.1) is 5.69 Å². The van der Waals surface area contributed by atoms with Crippen molar-refractivity contribution in [2.45, 2.75) is 19.0 Å². The first-order valence-electron chi connectivity index (χ1n) is 5.24. The van der Waals surface area contributed by atoms with Gasteiger partial charge in [-0.1, -0.05) is 0 Å². The number of halogens is 3. The van der Waals surface area contributed by atoms with Gasteiger partial charge in [-0.05, 0) is 18.6 Å². The molecule has 0 aromatic carbocycles. The molecule has 7 heteroatoms. The third-order valence-corrected chi connectivity index (χ3v) is 2.39. The maximum atomic E-state index is 12.4. The van der Waals surface area contributed by atoms with E-state index in [4.69, 9.17) is 0 Å². The number of allylic oxidation sites excluding steroid dienone is 2. The van der Waals surface area contributed by atoms with Gasteiger partial charge in [0.2, 0.25) is 0 Å². The average molecular weight is 257 g/mol. The first-order chi connectivity index (χ1) is 8.45. The Morgan fingerprint density at radius 2 is 2.00 bits per heavy atom. The number of hydrogen-bond donors (Lipinski definition) is 2. The van der Waals surface area contributed by atoms with E-state index in [1.807, 2.05) is 0 Å². The van der Waals surface area contributed by atoms with Gasteiger partial charge >= 0.3 is 6.18 Å². The summed E-state index contributed by atoms with van der Waals surface area (Å²) in [5.74, 6) is 0.00464. The normalized spacial score (nSPS) is 15.5. The Bertz CT molecular complexity index is 497. The van der Waals surface area contributed by atoms with E-state index in [9.17, 15) is 18.0 Å². The Labute approximate surface area is 101 Å². The molecule has 0 aliphatic heterocycles. The Morgan fingerprint density at radius 1 is 1.22 bits per heavy atom. The molecule has 0 spiro atoms. The minimum Gasteiger partial charge on any atom is -0.305 e. The first kappa shape index (κ1) is 12.4. The van der Waals surface area contributed by atoms with Crippen molar-refractivity contribution in [3.05, 3.63) is 35.8 Å². The lowest BCUT2D eigenvalue weighted by Gasteiger charge is -2.11. The SMILES string of the molecule is O=C1C=C(NNc2ccnc(C(F)(F)F)c2)CC1. The highest BCUT2D eigenvalue weighted by Gasteiger charge is 2.32. The second-order valence-corrected chi connectivity index (χ2v) is 3.81. The fourth-order valence-electron chi connectivity index (χ4n) is 1.51. The number of alkyl halides is 3. The van der Waals surface area contributed by atoms with Crippen molar-refractivity contribution in [1.82, 2.24) is 10.4 Å². The van der Waals surface area contributed by atoms with Crippen LogP contribution in [0.5, 0.6) is 0 Å². The van der Waals surface area contributed by atoms with Crippen LogP contribution in [0.15, 0.2) is 30.1 Å². The zero-order chi connectivity index (χ0) is 13.2. The molecule has 0 unspecified atom stereocenters. The van der Waals surface area contributed by atoms with Crippen LogP contribution in [-0.2, 0) is 11.0 Å². The van der Waals surface area contributed by atoms with E-state index in [1.54, 1.807) is 0 Å². The number of hydrogen-bond acceptors (Lipinski definition) is 4. The number of rotatable bonds is 3. The predicted molar refractivity (Wildman–Crippen MR) is 58.3 cm³/mol. The van der Waals surface area contributed by atoms with E-state index in [-0.39, 0.29) is 11.5 Å². The summed E-state index contributed by atoms with van der Waals surface area (Å²) in [7, 11) is 0. The zero-order valence-corrected chi connectivity index (χ0v) is 9.21. The molecular weight excluding hydrogens is 247 g/mol. The second kappa shape index (κ2) is 4.67. The minimum atomic E-state index is -4.47. The third-order valence-electron chi connectivity index (χ3n) is 2.39. The van der Waals surface area contributed by atoms with Gasteiger partial charge < -0.3 is 10.9 Å². The van der Waals surface area contributed by atoms with Gasteiger partial charge in [0, 0.05) is 24.4 Å². The number of aromatic nitrogens is 1. The number of nitrogens with zero attached hydrogens (tertiary/aromatic N) is 1. The number of anilines is 1. The largest absolute Gasteiger partial charge is 0.433 e.